The number of nitrogens with one attached hydrogen (secondary N) is 2. The molecule has 1 atom stereocenters. The third-order valence-electron chi connectivity index (χ3n) is 7.05. The van der Waals surface area contributed by atoms with E-state index in [2.05, 4.69) is 27.8 Å². The Hall–Kier alpha value is -2.44. The molecule has 1 amide bonds. The predicted octanol–water partition coefficient (Wildman–Crippen LogP) is 3.47. The third kappa shape index (κ3) is 5.67. The van der Waals surface area contributed by atoms with Gasteiger partial charge in [-0.05, 0) is 62.6 Å². The van der Waals surface area contributed by atoms with Gasteiger partial charge in [0.25, 0.3) is 0 Å². The van der Waals surface area contributed by atoms with Gasteiger partial charge in [-0.3, -0.25) is 9.79 Å². The highest BCUT2D eigenvalue weighted by atomic mass is 16.5. The number of methoxy groups -OCH3 is 1. The molecule has 3 aliphatic rings. The van der Waals surface area contributed by atoms with Crippen LogP contribution in [0.25, 0.3) is 0 Å². The fourth-order valence-corrected chi connectivity index (χ4v) is 5.19. The molecule has 0 aromatic heterocycles. The number of carbonyl (C=O) groups excluding carboxylic acids is 1. The maximum atomic E-state index is 12.7. The molecular weight excluding hydrogens is 404 g/mol. The van der Waals surface area contributed by atoms with Crippen molar-refractivity contribution in [3.63, 3.8) is 0 Å². The van der Waals surface area contributed by atoms with E-state index in [1.165, 1.54) is 25.7 Å². The molecule has 1 unspecified atom stereocenters. The Morgan fingerprint density at radius 1 is 1.09 bits per heavy atom. The van der Waals surface area contributed by atoms with E-state index >= 15 is 0 Å². The van der Waals surface area contributed by atoms with Gasteiger partial charge in [0.1, 0.15) is 0 Å². The lowest BCUT2D eigenvalue weighted by Gasteiger charge is -2.21. The molecule has 1 aliphatic heterocycles. The van der Waals surface area contributed by atoms with Crippen LogP contribution in [0.1, 0.15) is 63.4 Å². The van der Waals surface area contributed by atoms with Crippen LogP contribution in [0.15, 0.2) is 23.2 Å². The Balaban J connectivity index is 1.28. The van der Waals surface area contributed by atoms with Crippen molar-refractivity contribution in [1.29, 1.82) is 0 Å². The normalized spacial score (nSPS) is 22.4. The van der Waals surface area contributed by atoms with Gasteiger partial charge in [0.2, 0.25) is 5.91 Å². The van der Waals surface area contributed by atoms with Gasteiger partial charge in [-0.1, -0.05) is 18.9 Å². The first-order chi connectivity index (χ1) is 15.7. The largest absolute Gasteiger partial charge is 0.493 e. The molecule has 7 heteroatoms. The van der Waals surface area contributed by atoms with E-state index in [4.69, 9.17) is 9.47 Å². The summed E-state index contributed by atoms with van der Waals surface area (Å²) in [5, 5.41) is 6.91. The zero-order valence-electron chi connectivity index (χ0n) is 19.6. The molecular formula is C25H38N4O3. The van der Waals surface area contributed by atoms with Crippen molar-refractivity contribution in [2.45, 2.75) is 76.5 Å². The van der Waals surface area contributed by atoms with Gasteiger partial charge < -0.3 is 25.0 Å². The molecule has 7 nitrogen and oxygen atoms in total. The summed E-state index contributed by atoms with van der Waals surface area (Å²) in [6.07, 6.45) is 10.5. The number of amides is 1. The van der Waals surface area contributed by atoms with E-state index in [9.17, 15) is 4.79 Å². The molecule has 32 heavy (non-hydrogen) atoms. The van der Waals surface area contributed by atoms with E-state index in [-0.39, 0.29) is 12.0 Å². The summed E-state index contributed by atoms with van der Waals surface area (Å²) < 4.78 is 11.7. The van der Waals surface area contributed by atoms with Gasteiger partial charge >= 0.3 is 0 Å². The van der Waals surface area contributed by atoms with Crippen molar-refractivity contribution in [3.05, 3.63) is 23.8 Å². The molecule has 1 aromatic carbocycles. The molecule has 0 bridgehead atoms. The van der Waals surface area contributed by atoms with Crippen LogP contribution < -0.4 is 20.1 Å². The second-order valence-electron chi connectivity index (χ2n) is 9.33. The molecule has 3 fully saturated rings. The Bertz CT molecular complexity index is 800. The molecule has 1 saturated heterocycles. The average molecular weight is 443 g/mol. The van der Waals surface area contributed by atoms with Crippen LogP contribution in [0.4, 0.5) is 0 Å². The number of rotatable bonds is 7. The van der Waals surface area contributed by atoms with E-state index < -0.39 is 0 Å². The molecule has 176 valence electrons. The minimum Gasteiger partial charge on any atom is -0.493 e. The number of aliphatic imine (C=N–C) groups is 1. The quantitative estimate of drug-likeness (QED) is 0.500. The predicted molar refractivity (Wildman–Crippen MR) is 126 cm³/mol. The Morgan fingerprint density at radius 3 is 2.56 bits per heavy atom. The first-order valence-electron chi connectivity index (χ1n) is 12.3. The van der Waals surface area contributed by atoms with Crippen LogP contribution in [0, 0.1) is 5.92 Å². The minimum atomic E-state index is 0.240. The van der Waals surface area contributed by atoms with Crippen molar-refractivity contribution in [2.75, 3.05) is 27.2 Å². The maximum absolute atomic E-state index is 12.7. The van der Waals surface area contributed by atoms with Crippen molar-refractivity contribution in [2.24, 2.45) is 10.9 Å². The number of benzene rings is 1. The van der Waals surface area contributed by atoms with E-state index in [0.29, 0.717) is 18.6 Å². The van der Waals surface area contributed by atoms with Gasteiger partial charge in [-0.2, -0.15) is 0 Å². The second kappa shape index (κ2) is 10.9. The summed E-state index contributed by atoms with van der Waals surface area (Å²) >= 11 is 0. The fourth-order valence-electron chi connectivity index (χ4n) is 5.19. The van der Waals surface area contributed by atoms with Gasteiger partial charge in [0.05, 0.1) is 13.2 Å². The summed E-state index contributed by atoms with van der Waals surface area (Å²) in [5.41, 5.74) is 1.12. The number of likely N-dealkylation sites (tertiary alicyclic amines) is 1. The van der Waals surface area contributed by atoms with Crippen molar-refractivity contribution in [3.8, 4) is 11.5 Å². The van der Waals surface area contributed by atoms with Crippen LogP contribution in [0.3, 0.4) is 0 Å². The fraction of sp³-hybridized carbons (Fsp3) is 0.680. The highest BCUT2D eigenvalue weighted by Crippen LogP contribution is 2.32. The summed E-state index contributed by atoms with van der Waals surface area (Å²) in [6, 6.07) is 6.33. The summed E-state index contributed by atoms with van der Waals surface area (Å²) in [4.78, 5) is 19.1. The Kier molecular flexibility index (Phi) is 7.76. The molecule has 1 heterocycles. The van der Waals surface area contributed by atoms with E-state index in [0.717, 1.165) is 68.2 Å². The average Bonchev–Trinajstić information content (AvgIpc) is 3.59. The van der Waals surface area contributed by atoms with Crippen molar-refractivity contribution in [1.82, 2.24) is 15.5 Å². The zero-order valence-corrected chi connectivity index (χ0v) is 19.6. The van der Waals surface area contributed by atoms with Gasteiger partial charge in [0, 0.05) is 38.6 Å². The standard InChI is InChI=1S/C25H38N4O3/c1-26-25(28-20-13-14-29(17-20)24(30)19-7-3-4-8-19)27-16-18-11-12-22(31-2)23(15-18)32-21-9-5-6-10-21/h11-12,15,19-21H,3-10,13-14,16-17H2,1-2H3,(H2,26,27,28). The molecule has 2 N–H and O–H groups in total. The van der Waals surface area contributed by atoms with Crippen molar-refractivity contribution < 1.29 is 14.3 Å². The lowest BCUT2D eigenvalue weighted by atomic mass is 10.1. The lowest BCUT2D eigenvalue weighted by molar-refractivity contribution is -0.134. The van der Waals surface area contributed by atoms with Crippen LogP contribution in [0.5, 0.6) is 11.5 Å². The first kappa shape index (κ1) is 22.7. The Labute approximate surface area is 191 Å². The van der Waals surface area contributed by atoms with Crippen molar-refractivity contribution >= 4 is 11.9 Å². The van der Waals surface area contributed by atoms with Crippen LogP contribution in [0.2, 0.25) is 0 Å². The number of hydrogen-bond acceptors (Lipinski definition) is 4. The number of nitrogens with zero attached hydrogens (tertiary/aromatic N) is 2. The van der Waals surface area contributed by atoms with Crippen LogP contribution in [-0.4, -0.2) is 56.2 Å². The SMILES string of the molecule is CN=C(NCc1ccc(OC)c(OC2CCCC2)c1)NC1CCN(C(=O)C2CCCC2)C1. The molecule has 2 aliphatic carbocycles. The minimum absolute atomic E-state index is 0.240. The highest BCUT2D eigenvalue weighted by Gasteiger charge is 2.32. The number of carbonyl (C=O) groups is 1. The highest BCUT2D eigenvalue weighted by molar-refractivity contribution is 5.81. The Morgan fingerprint density at radius 2 is 1.84 bits per heavy atom. The summed E-state index contributed by atoms with van der Waals surface area (Å²) in [5.74, 6) is 2.96. The third-order valence-corrected chi connectivity index (χ3v) is 7.05. The number of hydrogen-bond donors (Lipinski definition) is 2. The van der Waals surface area contributed by atoms with Crippen LogP contribution >= 0.6 is 0 Å². The number of guanidine groups is 1. The van der Waals surface area contributed by atoms with E-state index in [1.54, 1.807) is 14.2 Å². The lowest BCUT2D eigenvalue weighted by Crippen LogP contribution is -2.45. The first-order valence-corrected chi connectivity index (χ1v) is 12.3. The molecule has 0 radical (unpaired) electrons. The maximum Gasteiger partial charge on any atom is 0.225 e. The van der Waals surface area contributed by atoms with Gasteiger partial charge in [-0.15, -0.1) is 0 Å². The zero-order chi connectivity index (χ0) is 22.3. The second-order valence-corrected chi connectivity index (χ2v) is 9.33. The summed E-state index contributed by atoms with van der Waals surface area (Å²) in [7, 11) is 3.47. The molecule has 4 rings (SSSR count). The van der Waals surface area contributed by atoms with Gasteiger partial charge in [0.15, 0.2) is 17.5 Å². The molecule has 2 saturated carbocycles. The topological polar surface area (TPSA) is 75.2 Å². The van der Waals surface area contributed by atoms with Gasteiger partial charge in [-0.25, -0.2) is 0 Å². The van der Waals surface area contributed by atoms with E-state index in [1.807, 2.05) is 11.0 Å². The molecule has 0 spiro atoms. The number of ether oxygens (including phenoxy) is 2. The van der Waals surface area contributed by atoms with Crippen LogP contribution in [-0.2, 0) is 11.3 Å². The molecule has 1 aromatic rings. The smallest absolute Gasteiger partial charge is 0.225 e. The monoisotopic (exact) mass is 442 g/mol. The summed E-state index contributed by atoms with van der Waals surface area (Å²) in [6.45, 7) is 2.24.